The summed E-state index contributed by atoms with van der Waals surface area (Å²) in [7, 11) is 0. The lowest BCUT2D eigenvalue weighted by molar-refractivity contribution is 0.0850. The first-order valence-electron chi connectivity index (χ1n) is 10.5. The minimum absolute atomic E-state index is 0.307. The van der Waals surface area contributed by atoms with Gasteiger partial charge in [-0.1, -0.05) is 66.7 Å². The molecule has 2 amide bonds. The van der Waals surface area contributed by atoms with E-state index >= 15 is 0 Å². The molecular formula is C26H28N2O4. The number of aliphatic hydroxyl groups is 2. The third kappa shape index (κ3) is 5.81. The van der Waals surface area contributed by atoms with Gasteiger partial charge in [-0.05, 0) is 43.2 Å². The van der Waals surface area contributed by atoms with Crippen molar-refractivity contribution < 1.29 is 19.8 Å². The number of carbonyl (C=O) groups excluding carboxylic acids is 2. The summed E-state index contributed by atoms with van der Waals surface area (Å²) in [4.78, 5) is 25.4. The van der Waals surface area contributed by atoms with E-state index in [0.717, 1.165) is 0 Å². The van der Waals surface area contributed by atoms with Crippen molar-refractivity contribution in [2.75, 3.05) is 0 Å². The van der Waals surface area contributed by atoms with Crippen LogP contribution in [0.15, 0.2) is 84.9 Å². The van der Waals surface area contributed by atoms with Gasteiger partial charge >= 0.3 is 0 Å². The molecule has 166 valence electrons. The summed E-state index contributed by atoms with van der Waals surface area (Å²) in [5.74, 6) is -0.779. The van der Waals surface area contributed by atoms with Gasteiger partial charge in [0.15, 0.2) is 0 Å². The lowest BCUT2D eigenvalue weighted by atomic mass is 10.0. The average molecular weight is 433 g/mol. The predicted octanol–water partition coefficient (Wildman–Crippen LogP) is 3.39. The number of hydrogen-bond acceptors (Lipinski definition) is 4. The monoisotopic (exact) mass is 432 g/mol. The van der Waals surface area contributed by atoms with E-state index in [1.54, 1.807) is 56.3 Å². The number of rotatable bonds is 8. The van der Waals surface area contributed by atoms with Crippen molar-refractivity contribution in [3.63, 3.8) is 0 Å². The Bertz CT molecular complexity index is 959. The molecule has 3 aromatic carbocycles. The summed E-state index contributed by atoms with van der Waals surface area (Å²) in [5.41, 5.74) is 2.03. The molecule has 0 spiro atoms. The number of hydrogen-bond donors (Lipinski definition) is 4. The molecule has 32 heavy (non-hydrogen) atoms. The highest BCUT2D eigenvalue weighted by Gasteiger charge is 2.21. The topological polar surface area (TPSA) is 98.7 Å². The highest BCUT2D eigenvalue weighted by Crippen LogP contribution is 2.18. The highest BCUT2D eigenvalue weighted by molar-refractivity contribution is 5.99. The van der Waals surface area contributed by atoms with Gasteiger partial charge in [0, 0.05) is 11.1 Å². The van der Waals surface area contributed by atoms with Crippen LogP contribution in [0.4, 0.5) is 0 Å². The molecular weight excluding hydrogens is 404 g/mol. The molecule has 0 aromatic heterocycles. The highest BCUT2D eigenvalue weighted by atomic mass is 16.3. The summed E-state index contributed by atoms with van der Waals surface area (Å²) in [6, 6.07) is 23.5. The van der Waals surface area contributed by atoms with Crippen LogP contribution in [-0.2, 0) is 0 Å². The lowest BCUT2D eigenvalue weighted by Crippen LogP contribution is -2.38. The van der Waals surface area contributed by atoms with Gasteiger partial charge in [-0.15, -0.1) is 0 Å². The molecule has 0 unspecified atom stereocenters. The van der Waals surface area contributed by atoms with Crippen molar-refractivity contribution in [1.82, 2.24) is 10.6 Å². The van der Waals surface area contributed by atoms with Gasteiger partial charge in [0.25, 0.3) is 11.8 Å². The Kier molecular flexibility index (Phi) is 7.76. The first-order valence-corrected chi connectivity index (χ1v) is 10.5. The second-order valence-electron chi connectivity index (χ2n) is 7.82. The van der Waals surface area contributed by atoms with Gasteiger partial charge in [0.05, 0.1) is 24.3 Å². The normalized spacial score (nSPS) is 14.6. The van der Waals surface area contributed by atoms with E-state index in [2.05, 4.69) is 10.6 Å². The van der Waals surface area contributed by atoms with Crippen LogP contribution in [0.25, 0.3) is 0 Å². The summed E-state index contributed by atoms with van der Waals surface area (Å²) < 4.78 is 0. The zero-order valence-corrected chi connectivity index (χ0v) is 18.1. The molecule has 4 atom stereocenters. The van der Waals surface area contributed by atoms with Crippen molar-refractivity contribution in [2.45, 2.75) is 38.1 Å². The van der Waals surface area contributed by atoms with Gasteiger partial charge in [0.1, 0.15) is 0 Å². The summed E-state index contributed by atoms with van der Waals surface area (Å²) in [6.07, 6.45) is -1.71. The van der Waals surface area contributed by atoms with E-state index in [1.165, 1.54) is 6.07 Å². The fourth-order valence-corrected chi connectivity index (χ4v) is 3.42. The molecule has 0 aliphatic carbocycles. The van der Waals surface area contributed by atoms with E-state index in [0.29, 0.717) is 22.3 Å². The van der Waals surface area contributed by atoms with Crippen molar-refractivity contribution in [2.24, 2.45) is 0 Å². The van der Waals surface area contributed by atoms with E-state index in [9.17, 15) is 19.8 Å². The predicted molar refractivity (Wildman–Crippen MR) is 123 cm³/mol. The summed E-state index contributed by atoms with van der Waals surface area (Å²) >= 11 is 0. The van der Waals surface area contributed by atoms with Crippen molar-refractivity contribution in [1.29, 1.82) is 0 Å². The first-order chi connectivity index (χ1) is 15.4. The lowest BCUT2D eigenvalue weighted by Gasteiger charge is -2.21. The quantitative estimate of drug-likeness (QED) is 0.439. The van der Waals surface area contributed by atoms with Gasteiger partial charge < -0.3 is 20.8 Å². The summed E-state index contributed by atoms with van der Waals surface area (Å²) in [6.45, 7) is 3.44. The fraction of sp³-hybridized carbons (Fsp3) is 0.231. The second kappa shape index (κ2) is 10.7. The van der Waals surface area contributed by atoms with E-state index in [-0.39, 0.29) is 11.8 Å². The van der Waals surface area contributed by atoms with Gasteiger partial charge in [0.2, 0.25) is 0 Å². The average Bonchev–Trinajstić information content (AvgIpc) is 2.84. The van der Waals surface area contributed by atoms with Gasteiger partial charge in [-0.25, -0.2) is 0 Å². The minimum Gasteiger partial charge on any atom is -0.386 e. The molecule has 6 nitrogen and oxygen atoms in total. The largest absolute Gasteiger partial charge is 0.386 e. The van der Waals surface area contributed by atoms with Crippen LogP contribution in [0, 0.1) is 0 Å². The van der Waals surface area contributed by atoms with E-state index in [4.69, 9.17) is 0 Å². The van der Waals surface area contributed by atoms with Crippen LogP contribution in [0.3, 0.4) is 0 Å². The Morgan fingerprint density at radius 1 is 0.625 bits per heavy atom. The molecule has 0 bridgehead atoms. The molecule has 0 fully saturated rings. The molecule has 0 heterocycles. The van der Waals surface area contributed by atoms with Crippen molar-refractivity contribution >= 4 is 11.8 Å². The van der Waals surface area contributed by atoms with E-state index < -0.39 is 24.3 Å². The van der Waals surface area contributed by atoms with Crippen molar-refractivity contribution in [3.05, 3.63) is 107 Å². The Morgan fingerprint density at radius 3 is 1.38 bits per heavy atom. The molecule has 3 aromatic rings. The minimum atomic E-state index is -0.855. The number of amides is 2. The molecule has 4 N–H and O–H groups in total. The smallest absolute Gasteiger partial charge is 0.251 e. The zero-order chi connectivity index (χ0) is 23.1. The number of benzene rings is 3. The summed E-state index contributed by atoms with van der Waals surface area (Å²) in [5, 5.41) is 26.5. The van der Waals surface area contributed by atoms with Gasteiger partial charge in [-0.2, -0.15) is 0 Å². The van der Waals surface area contributed by atoms with Crippen molar-refractivity contribution in [3.8, 4) is 0 Å². The molecule has 0 aliphatic rings. The Hall–Kier alpha value is -3.48. The molecule has 6 heteroatoms. The Morgan fingerprint density at radius 2 is 1.00 bits per heavy atom. The molecule has 0 saturated carbocycles. The maximum Gasteiger partial charge on any atom is 0.251 e. The number of aliphatic hydroxyl groups excluding tert-OH is 2. The number of nitrogens with one attached hydrogen (secondary N) is 2. The van der Waals surface area contributed by atoms with Crippen LogP contribution in [0.2, 0.25) is 0 Å². The van der Waals surface area contributed by atoms with Crippen LogP contribution < -0.4 is 10.6 Å². The van der Waals surface area contributed by atoms with Crippen LogP contribution in [-0.4, -0.2) is 34.1 Å². The maximum absolute atomic E-state index is 12.7. The standard InChI is InChI=1S/C26H28N2O4/c1-17(23(29)19-10-5-3-6-11-19)27-25(31)21-14-9-15-22(16-21)26(32)28-18(2)24(30)20-12-7-4-8-13-20/h3-18,23-24,29-30H,1-2H3,(H,27,31)(H,28,32)/t17-,18-,23-,24-/m0/s1. The fourth-order valence-electron chi connectivity index (χ4n) is 3.42. The van der Waals surface area contributed by atoms with Gasteiger partial charge in [-0.3, -0.25) is 9.59 Å². The second-order valence-corrected chi connectivity index (χ2v) is 7.82. The molecule has 0 radical (unpaired) electrons. The Balaban J connectivity index is 1.63. The maximum atomic E-state index is 12.7. The zero-order valence-electron chi connectivity index (χ0n) is 18.1. The Labute approximate surface area is 187 Å². The molecule has 3 rings (SSSR count). The van der Waals surface area contributed by atoms with E-state index in [1.807, 2.05) is 36.4 Å². The molecule has 0 aliphatic heterocycles. The van der Waals surface area contributed by atoms with Crippen LogP contribution in [0.1, 0.15) is 57.9 Å². The number of carbonyl (C=O) groups is 2. The SMILES string of the molecule is C[C@H](NC(=O)c1cccc(C(=O)N[C@@H](C)[C@H](O)c2ccccc2)c1)[C@H](O)c1ccccc1. The third-order valence-electron chi connectivity index (χ3n) is 5.33. The third-order valence-corrected chi connectivity index (χ3v) is 5.33. The molecule has 0 saturated heterocycles. The van der Waals surface area contributed by atoms with Crippen LogP contribution >= 0.6 is 0 Å². The first kappa shape index (κ1) is 23.2. The van der Waals surface area contributed by atoms with Crippen LogP contribution in [0.5, 0.6) is 0 Å².